The highest BCUT2D eigenvalue weighted by Crippen LogP contribution is 2.46. The molecule has 14 heteroatoms. The second-order valence-corrected chi connectivity index (χ2v) is 17.6. The van der Waals surface area contributed by atoms with Crippen molar-refractivity contribution < 1.29 is 27.5 Å². The Labute approximate surface area is 330 Å². The van der Waals surface area contributed by atoms with Crippen LogP contribution in [0.4, 0.5) is 5.69 Å². The third kappa shape index (κ3) is 7.45. The summed E-state index contributed by atoms with van der Waals surface area (Å²) in [7, 11) is -3.87. The van der Waals surface area contributed by atoms with Crippen molar-refractivity contribution >= 4 is 50.0 Å². The van der Waals surface area contributed by atoms with Crippen LogP contribution in [-0.4, -0.2) is 81.2 Å². The van der Waals surface area contributed by atoms with E-state index >= 15 is 0 Å². The van der Waals surface area contributed by atoms with Gasteiger partial charge in [0, 0.05) is 35.0 Å². The molecule has 294 valence electrons. The number of carbonyl (C=O) groups is 3. The summed E-state index contributed by atoms with van der Waals surface area (Å²) < 4.78 is 36.6. The van der Waals surface area contributed by atoms with E-state index in [9.17, 15) is 22.8 Å². The molecule has 4 heterocycles. The lowest BCUT2D eigenvalue weighted by molar-refractivity contribution is -0.140. The quantitative estimate of drug-likeness (QED) is 0.175. The van der Waals surface area contributed by atoms with Gasteiger partial charge in [0.05, 0.1) is 23.0 Å². The molecule has 3 fully saturated rings. The Kier molecular flexibility index (Phi) is 9.67. The summed E-state index contributed by atoms with van der Waals surface area (Å²) in [6.45, 7) is 0.0910. The Morgan fingerprint density at radius 2 is 1.67 bits per heavy atom. The lowest BCUT2D eigenvalue weighted by Gasteiger charge is -2.30. The maximum absolute atomic E-state index is 14.8. The van der Waals surface area contributed by atoms with Gasteiger partial charge in [0.15, 0.2) is 5.65 Å². The van der Waals surface area contributed by atoms with Gasteiger partial charge in [-0.15, -0.1) is 0 Å². The zero-order valence-corrected chi connectivity index (χ0v) is 32.2. The van der Waals surface area contributed by atoms with E-state index in [1.165, 1.54) is 0 Å². The Hall–Kier alpha value is -5.76. The van der Waals surface area contributed by atoms with E-state index in [1.807, 2.05) is 103 Å². The monoisotopic (exact) mass is 787 g/mol. The number of hydrogen-bond donors (Lipinski definition) is 3. The van der Waals surface area contributed by atoms with Gasteiger partial charge in [-0.3, -0.25) is 19.1 Å². The minimum atomic E-state index is -3.87. The highest BCUT2D eigenvalue weighted by molar-refractivity contribution is 7.91. The van der Waals surface area contributed by atoms with Crippen LogP contribution in [0.1, 0.15) is 57.8 Å². The summed E-state index contributed by atoms with van der Waals surface area (Å²) in [5, 5.41) is 11.5. The van der Waals surface area contributed by atoms with Crippen LogP contribution >= 0.6 is 0 Å². The van der Waals surface area contributed by atoms with Crippen molar-refractivity contribution in [2.24, 2.45) is 5.92 Å². The van der Waals surface area contributed by atoms with Crippen LogP contribution in [0.3, 0.4) is 0 Å². The number of nitrogens with one attached hydrogen (secondary N) is 3. The van der Waals surface area contributed by atoms with Gasteiger partial charge < -0.3 is 20.3 Å². The molecule has 0 unspecified atom stereocenters. The van der Waals surface area contributed by atoms with E-state index < -0.39 is 50.8 Å². The maximum atomic E-state index is 14.8. The molecular weight excluding hydrogens is 743 g/mol. The molecule has 13 nitrogen and oxygen atoms in total. The van der Waals surface area contributed by atoms with Gasteiger partial charge in [-0.25, -0.2) is 13.4 Å². The second-order valence-electron chi connectivity index (χ2n) is 15.7. The van der Waals surface area contributed by atoms with Gasteiger partial charge in [-0.2, -0.15) is 9.61 Å². The van der Waals surface area contributed by atoms with Crippen molar-refractivity contribution in [3.8, 4) is 17.1 Å². The molecule has 2 aliphatic heterocycles. The van der Waals surface area contributed by atoms with Crippen molar-refractivity contribution in [2.45, 2.75) is 86.8 Å². The standard InChI is InChI=1S/C43H45N7O6S/c51-40-37-24-31(56-38-25-36(28-14-6-4-7-15-28)45-39-33-19-12-13-20-34(33)47-50(38)39)27-49(37)41(52)35(44-30-17-9-5-10-18-30)21-11-3-1-2-8-16-29-26-43(29,46-40)42(53)48-57(54,55)32-22-23-32/h4-10,12-20,25,29,31-32,35,37,44H,1-3,11,21-24,26-27H2,(H,46,51)(H,48,53)/b16-8-/t29-,31-,35+,37+,43-/m1/s1. The number of rotatable bonds is 8. The number of amides is 3. The maximum Gasteiger partial charge on any atom is 0.259 e. The van der Waals surface area contributed by atoms with Gasteiger partial charge >= 0.3 is 0 Å². The van der Waals surface area contributed by atoms with Crippen molar-refractivity contribution in [3.63, 3.8) is 0 Å². The van der Waals surface area contributed by atoms with Crippen LogP contribution < -0.4 is 20.1 Å². The number of nitrogens with zero attached hydrogens (tertiary/aromatic N) is 4. The first-order valence-corrected chi connectivity index (χ1v) is 21.4. The molecule has 5 aromatic rings. The zero-order valence-electron chi connectivity index (χ0n) is 31.4. The molecule has 0 radical (unpaired) electrons. The normalized spacial score (nSPS) is 26.1. The number of carbonyl (C=O) groups excluding carboxylic acids is 3. The van der Waals surface area contributed by atoms with Crippen molar-refractivity contribution in [3.05, 3.63) is 103 Å². The van der Waals surface area contributed by atoms with Crippen LogP contribution in [0.25, 0.3) is 27.8 Å². The summed E-state index contributed by atoms with van der Waals surface area (Å²) in [6.07, 6.45) is 8.52. The second kappa shape index (κ2) is 15.0. The van der Waals surface area contributed by atoms with E-state index in [0.717, 1.165) is 47.8 Å². The fourth-order valence-corrected chi connectivity index (χ4v) is 9.56. The fraction of sp³-hybridized carbons (Fsp3) is 0.372. The van der Waals surface area contributed by atoms with E-state index in [4.69, 9.17) is 14.8 Å². The molecule has 0 bridgehead atoms. The van der Waals surface area contributed by atoms with Gasteiger partial charge in [-0.05, 0) is 62.8 Å². The van der Waals surface area contributed by atoms with E-state index in [2.05, 4.69) is 15.4 Å². The van der Waals surface area contributed by atoms with Crippen molar-refractivity contribution in [1.29, 1.82) is 0 Å². The minimum absolute atomic E-state index is 0.0910. The first-order chi connectivity index (χ1) is 27.7. The summed E-state index contributed by atoms with van der Waals surface area (Å²) >= 11 is 0. The minimum Gasteiger partial charge on any atom is -0.472 e. The Morgan fingerprint density at radius 3 is 2.46 bits per heavy atom. The zero-order chi connectivity index (χ0) is 39.1. The molecule has 2 aliphatic carbocycles. The van der Waals surface area contributed by atoms with Crippen LogP contribution in [0.5, 0.6) is 5.88 Å². The topological polar surface area (TPSA) is 164 Å². The van der Waals surface area contributed by atoms with Crippen LogP contribution in [0.15, 0.2) is 103 Å². The number of anilines is 1. The molecule has 57 heavy (non-hydrogen) atoms. The van der Waals surface area contributed by atoms with Crippen LogP contribution in [0, 0.1) is 5.92 Å². The summed E-state index contributed by atoms with van der Waals surface area (Å²) in [6, 6.07) is 27.2. The third-order valence-electron chi connectivity index (χ3n) is 11.6. The molecule has 0 spiro atoms. The number of hydrogen-bond acceptors (Lipinski definition) is 9. The largest absolute Gasteiger partial charge is 0.472 e. The molecule has 3 amide bonds. The predicted octanol–water partition coefficient (Wildman–Crippen LogP) is 5.38. The summed E-state index contributed by atoms with van der Waals surface area (Å²) in [5.41, 5.74) is 2.25. The first-order valence-electron chi connectivity index (χ1n) is 19.9. The van der Waals surface area contributed by atoms with Crippen molar-refractivity contribution in [1.82, 2.24) is 29.5 Å². The lowest BCUT2D eigenvalue weighted by atomic mass is 10.0. The average Bonchev–Trinajstić information content (AvgIpc) is 4.12. The van der Waals surface area contributed by atoms with Gasteiger partial charge in [0.2, 0.25) is 27.7 Å². The molecule has 5 atom stereocenters. The van der Waals surface area contributed by atoms with Gasteiger partial charge in [-0.1, -0.05) is 85.7 Å². The summed E-state index contributed by atoms with van der Waals surface area (Å²) in [4.78, 5) is 49.8. The molecule has 2 saturated carbocycles. The van der Waals surface area contributed by atoms with Gasteiger partial charge in [0.25, 0.3) is 5.91 Å². The third-order valence-corrected chi connectivity index (χ3v) is 13.4. The lowest BCUT2D eigenvalue weighted by Crippen LogP contribution is -2.57. The number of aromatic nitrogens is 3. The number of benzene rings is 3. The van der Waals surface area contributed by atoms with Crippen LogP contribution in [-0.2, 0) is 24.4 Å². The SMILES string of the molecule is O=C1N[C@]2(C(=O)NS(=O)(=O)C3CC3)C[C@H]2/C=C\CCCCC[C@H](Nc2ccccc2)C(=O)N2C[C@H](Oc3cc(-c4ccccc4)nc4c5ccccc5nn34)C[C@@H]12. The fourth-order valence-electron chi connectivity index (χ4n) is 8.20. The molecule has 3 N–H and O–H groups in total. The smallest absolute Gasteiger partial charge is 0.259 e. The van der Waals surface area contributed by atoms with E-state index in [-0.39, 0.29) is 31.2 Å². The van der Waals surface area contributed by atoms with Gasteiger partial charge in [0.1, 0.15) is 23.7 Å². The highest BCUT2D eigenvalue weighted by atomic mass is 32.2. The molecule has 3 aromatic carbocycles. The molecular formula is C43H45N7O6S. The van der Waals surface area contributed by atoms with E-state index in [0.29, 0.717) is 36.5 Å². The van der Waals surface area contributed by atoms with Crippen molar-refractivity contribution in [2.75, 3.05) is 11.9 Å². The molecule has 9 rings (SSSR count). The van der Waals surface area contributed by atoms with Crippen LogP contribution in [0.2, 0.25) is 0 Å². The molecule has 2 aromatic heterocycles. The Morgan fingerprint density at radius 1 is 0.912 bits per heavy atom. The molecule has 4 aliphatic rings. The number of sulfonamides is 1. The Balaban J connectivity index is 1.07. The summed E-state index contributed by atoms with van der Waals surface area (Å²) in [5.74, 6) is -1.51. The first kappa shape index (κ1) is 36.9. The Bertz CT molecular complexity index is 2470. The number of fused-ring (bicyclic) bond motifs is 5. The number of allylic oxidation sites excluding steroid dienone is 1. The number of ether oxygens (including phenoxy) is 1. The highest BCUT2D eigenvalue weighted by Gasteiger charge is 2.62. The molecule has 1 saturated heterocycles. The van der Waals surface area contributed by atoms with E-state index in [1.54, 1.807) is 9.42 Å². The number of para-hydroxylation sites is 1. The average molecular weight is 788 g/mol. The predicted molar refractivity (Wildman–Crippen MR) is 216 cm³/mol.